The van der Waals surface area contributed by atoms with Crippen molar-refractivity contribution in [2.45, 2.75) is 45.2 Å². The summed E-state index contributed by atoms with van der Waals surface area (Å²) in [5.74, 6) is 0.508. The van der Waals surface area contributed by atoms with Gasteiger partial charge in [0.1, 0.15) is 0 Å². The van der Waals surface area contributed by atoms with Gasteiger partial charge in [-0.25, -0.2) is 4.98 Å². The number of nitrogens with zero attached hydrogens (tertiary/aromatic N) is 1. The molecule has 1 aliphatic heterocycles. The number of aryl methyl sites for hydroxylation is 1. The Bertz CT molecular complexity index is 599. The largest absolute Gasteiger partial charge is 0.352 e. The highest BCUT2D eigenvalue weighted by Crippen LogP contribution is 2.30. The quantitative estimate of drug-likeness (QED) is 0.898. The first-order valence-electron chi connectivity index (χ1n) is 7.97. The Labute approximate surface area is 135 Å². The molecule has 4 nitrogen and oxygen atoms in total. The standard InChI is InChI=1S/C17H23N3OS/c1-11(20-17(21)15-4-3-9-18-15)13-5-7-14(8-6-13)16-12(2)19-10-22-16/h5,7-8,10-11,13,15,18H,3-4,6,9H2,1-2H3,(H,20,21)/t11-,13?,15?/m0/s1. The zero-order chi connectivity index (χ0) is 15.5. The lowest BCUT2D eigenvalue weighted by Crippen LogP contribution is -2.46. The second-order valence-corrected chi connectivity index (χ2v) is 6.99. The Morgan fingerprint density at radius 1 is 1.55 bits per heavy atom. The number of nitrogens with one attached hydrogen (secondary N) is 2. The predicted molar refractivity (Wildman–Crippen MR) is 90.7 cm³/mol. The monoisotopic (exact) mass is 317 g/mol. The van der Waals surface area contributed by atoms with Crippen molar-refractivity contribution in [3.63, 3.8) is 0 Å². The molecule has 1 fully saturated rings. The van der Waals surface area contributed by atoms with Crippen LogP contribution >= 0.6 is 11.3 Å². The maximum Gasteiger partial charge on any atom is 0.237 e. The van der Waals surface area contributed by atoms with Gasteiger partial charge in [0, 0.05) is 12.0 Å². The van der Waals surface area contributed by atoms with Crippen LogP contribution in [0.3, 0.4) is 0 Å². The van der Waals surface area contributed by atoms with Crippen molar-refractivity contribution in [2.24, 2.45) is 5.92 Å². The summed E-state index contributed by atoms with van der Waals surface area (Å²) < 4.78 is 0. The van der Waals surface area contributed by atoms with Crippen LogP contribution < -0.4 is 10.6 Å². The van der Waals surface area contributed by atoms with Crippen molar-refractivity contribution in [3.8, 4) is 0 Å². The summed E-state index contributed by atoms with van der Waals surface area (Å²) in [4.78, 5) is 17.7. The van der Waals surface area contributed by atoms with E-state index in [2.05, 4.69) is 40.8 Å². The van der Waals surface area contributed by atoms with E-state index in [1.807, 2.05) is 12.4 Å². The van der Waals surface area contributed by atoms with E-state index in [4.69, 9.17) is 0 Å². The molecule has 2 N–H and O–H groups in total. The van der Waals surface area contributed by atoms with Gasteiger partial charge in [-0.2, -0.15) is 0 Å². The molecule has 0 saturated carbocycles. The summed E-state index contributed by atoms with van der Waals surface area (Å²) in [6.45, 7) is 5.10. The average molecular weight is 317 g/mol. The molecular weight excluding hydrogens is 294 g/mol. The minimum absolute atomic E-state index is 0.000894. The second-order valence-electron chi connectivity index (χ2n) is 6.13. The van der Waals surface area contributed by atoms with Crippen molar-refractivity contribution in [2.75, 3.05) is 6.54 Å². The summed E-state index contributed by atoms with van der Waals surface area (Å²) in [5.41, 5.74) is 4.24. The van der Waals surface area contributed by atoms with Gasteiger partial charge in [-0.1, -0.05) is 18.2 Å². The number of rotatable bonds is 4. The van der Waals surface area contributed by atoms with Gasteiger partial charge < -0.3 is 10.6 Å². The van der Waals surface area contributed by atoms with Crippen LogP contribution in [0, 0.1) is 12.8 Å². The topological polar surface area (TPSA) is 54.0 Å². The normalized spacial score (nSPS) is 25.8. The van der Waals surface area contributed by atoms with E-state index in [0.29, 0.717) is 5.92 Å². The number of hydrogen-bond donors (Lipinski definition) is 2. The van der Waals surface area contributed by atoms with Gasteiger partial charge in [0.25, 0.3) is 0 Å². The number of hydrogen-bond acceptors (Lipinski definition) is 4. The predicted octanol–water partition coefficient (Wildman–Crippen LogP) is 2.67. The molecule has 2 aliphatic rings. The summed E-state index contributed by atoms with van der Waals surface area (Å²) in [7, 11) is 0. The van der Waals surface area contributed by atoms with Crippen LogP contribution in [0.4, 0.5) is 0 Å². The third-order valence-electron chi connectivity index (χ3n) is 4.53. The van der Waals surface area contributed by atoms with Gasteiger partial charge in [0.2, 0.25) is 5.91 Å². The lowest BCUT2D eigenvalue weighted by Gasteiger charge is -2.25. The number of carbonyl (C=O) groups excluding carboxylic acids is 1. The van der Waals surface area contributed by atoms with Crippen LogP contribution in [0.15, 0.2) is 23.7 Å². The fraction of sp³-hybridized carbons (Fsp3) is 0.529. The number of allylic oxidation sites excluding steroid dienone is 3. The molecule has 0 aromatic carbocycles. The summed E-state index contributed by atoms with van der Waals surface area (Å²) in [5, 5.41) is 6.41. The molecular formula is C17H23N3OS. The summed E-state index contributed by atoms with van der Waals surface area (Å²) in [6, 6.07) is 0.160. The second kappa shape index (κ2) is 6.75. The molecule has 1 aromatic heterocycles. The van der Waals surface area contributed by atoms with E-state index in [1.54, 1.807) is 11.3 Å². The van der Waals surface area contributed by atoms with E-state index >= 15 is 0 Å². The van der Waals surface area contributed by atoms with E-state index in [9.17, 15) is 4.79 Å². The third-order valence-corrected chi connectivity index (χ3v) is 5.51. The van der Waals surface area contributed by atoms with Gasteiger partial charge >= 0.3 is 0 Å². The van der Waals surface area contributed by atoms with Gasteiger partial charge in [-0.15, -0.1) is 11.3 Å². The minimum atomic E-state index is 0.000894. The first-order chi connectivity index (χ1) is 10.6. The van der Waals surface area contributed by atoms with Crippen LogP contribution in [0.25, 0.3) is 5.57 Å². The van der Waals surface area contributed by atoms with Gasteiger partial charge in [0.05, 0.1) is 22.1 Å². The lowest BCUT2D eigenvalue weighted by molar-refractivity contribution is -0.123. The molecule has 0 spiro atoms. The van der Waals surface area contributed by atoms with Gasteiger partial charge in [0.15, 0.2) is 0 Å². The molecule has 3 atom stereocenters. The Hall–Kier alpha value is -1.46. The van der Waals surface area contributed by atoms with Gasteiger partial charge in [-0.05, 0) is 45.2 Å². The van der Waals surface area contributed by atoms with Crippen molar-refractivity contribution in [1.82, 2.24) is 15.6 Å². The Kier molecular flexibility index (Phi) is 4.74. The maximum atomic E-state index is 12.2. The first-order valence-corrected chi connectivity index (χ1v) is 8.85. The first kappa shape index (κ1) is 15.4. The molecule has 22 heavy (non-hydrogen) atoms. The fourth-order valence-electron chi connectivity index (χ4n) is 3.10. The molecule has 5 heteroatoms. The van der Waals surface area contributed by atoms with Crippen LogP contribution in [0.2, 0.25) is 0 Å². The van der Waals surface area contributed by atoms with E-state index in [-0.39, 0.29) is 18.0 Å². The molecule has 1 saturated heterocycles. The average Bonchev–Trinajstić information content (AvgIpc) is 3.18. The lowest BCUT2D eigenvalue weighted by atomic mass is 9.90. The SMILES string of the molecule is Cc1ncsc1C1=CCC([C@H](C)NC(=O)C2CCCN2)C=C1. The molecule has 0 bridgehead atoms. The number of carbonyl (C=O) groups is 1. The van der Waals surface area contributed by atoms with Crippen LogP contribution in [-0.2, 0) is 4.79 Å². The highest BCUT2D eigenvalue weighted by Gasteiger charge is 2.25. The minimum Gasteiger partial charge on any atom is -0.352 e. The Morgan fingerprint density at radius 3 is 3.00 bits per heavy atom. The van der Waals surface area contributed by atoms with E-state index < -0.39 is 0 Å². The molecule has 1 aromatic rings. The van der Waals surface area contributed by atoms with Crippen molar-refractivity contribution >= 4 is 22.8 Å². The summed E-state index contributed by atoms with van der Waals surface area (Å²) >= 11 is 1.68. The summed E-state index contributed by atoms with van der Waals surface area (Å²) in [6.07, 6.45) is 9.67. The fourth-order valence-corrected chi connectivity index (χ4v) is 3.92. The highest BCUT2D eigenvalue weighted by atomic mass is 32.1. The maximum absolute atomic E-state index is 12.2. The van der Waals surface area contributed by atoms with Crippen molar-refractivity contribution < 1.29 is 4.79 Å². The molecule has 2 heterocycles. The smallest absolute Gasteiger partial charge is 0.237 e. The molecule has 118 valence electrons. The molecule has 0 radical (unpaired) electrons. The van der Waals surface area contributed by atoms with E-state index in [0.717, 1.165) is 31.5 Å². The zero-order valence-corrected chi connectivity index (χ0v) is 14.0. The van der Waals surface area contributed by atoms with Gasteiger partial charge in [-0.3, -0.25) is 4.79 Å². The third kappa shape index (κ3) is 3.31. The highest BCUT2D eigenvalue weighted by molar-refractivity contribution is 7.11. The Balaban J connectivity index is 1.57. The molecule has 2 unspecified atom stereocenters. The molecule has 1 amide bonds. The van der Waals surface area contributed by atoms with Crippen LogP contribution in [0.5, 0.6) is 0 Å². The molecule has 3 rings (SSSR count). The van der Waals surface area contributed by atoms with Crippen LogP contribution in [-0.4, -0.2) is 29.5 Å². The molecule has 1 aliphatic carbocycles. The zero-order valence-electron chi connectivity index (χ0n) is 13.1. The number of aromatic nitrogens is 1. The van der Waals surface area contributed by atoms with E-state index in [1.165, 1.54) is 10.5 Å². The van der Waals surface area contributed by atoms with Crippen molar-refractivity contribution in [3.05, 3.63) is 34.3 Å². The Morgan fingerprint density at radius 2 is 2.41 bits per heavy atom. The van der Waals surface area contributed by atoms with Crippen molar-refractivity contribution in [1.29, 1.82) is 0 Å². The van der Waals surface area contributed by atoms with Crippen LogP contribution in [0.1, 0.15) is 36.8 Å². The number of amides is 1. The number of thiazole rings is 1.